The van der Waals surface area contributed by atoms with Crippen LogP contribution in [0.1, 0.15) is 39.3 Å². The van der Waals surface area contributed by atoms with Crippen LogP contribution in [0.3, 0.4) is 0 Å². The van der Waals surface area contributed by atoms with Crippen molar-refractivity contribution < 1.29 is 18.4 Å². The van der Waals surface area contributed by atoms with E-state index in [2.05, 4.69) is 0 Å². The number of nitrogens with two attached hydrogens (primary N) is 1. The quantitative estimate of drug-likeness (QED) is 0.844. The van der Waals surface area contributed by atoms with Crippen LogP contribution in [0.15, 0.2) is 41.0 Å². The highest BCUT2D eigenvalue weighted by Crippen LogP contribution is 2.23. The van der Waals surface area contributed by atoms with E-state index >= 15 is 0 Å². The summed E-state index contributed by atoms with van der Waals surface area (Å²) in [6.45, 7) is 1.20. The number of benzene rings is 1. The summed E-state index contributed by atoms with van der Waals surface area (Å²) < 4.78 is 18.2. The van der Waals surface area contributed by atoms with Gasteiger partial charge in [0.2, 0.25) is 0 Å². The highest BCUT2D eigenvalue weighted by Gasteiger charge is 2.30. The first-order valence-electron chi connectivity index (χ1n) is 7.95. The van der Waals surface area contributed by atoms with Crippen LogP contribution >= 0.6 is 12.4 Å². The number of Topliss-reactive ketones (excluding diaryl/α,β-unsaturated/α-hetero) is 1. The lowest BCUT2D eigenvalue weighted by atomic mass is 9.90. The number of furan rings is 1. The predicted molar refractivity (Wildman–Crippen MR) is 93.2 cm³/mol. The summed E-state index contributed by atoms with van der Waals surface area (Å²) in [6.07, 6.45) is 2.88. The van der Waals surface area contributed by atoms with Crippen LogP contribution in [-0.4, -0.2) is 29.7 Å². The molecule has 1 aliphatic rings. The molecule has 1 aromatic carbocycles. The topological polar surface area (TPSA) is 76.5 Å². The van der Waals surface area contributed by atoms with E-state index in [1.807, 2.05) is 0 Å². The van der Waals surface area contributed by atoms with Gasteiger partial charge in [0, 0.05) is 24.6 Å². The molecule has 2 heterocycles. The maximum absolute atomic E-state index is 13.0. The normalized spacial score (nSPS) is 17.0. The van der Waals surface area contributed by atoms with Crippen molar-refractivity contribution in [2.75, 3.05) is 13.1 Å². The van der Waals surface area contributed by atoms with Gasteiger partial charge in [-0.1, -0.05) is 0 Å². The number of ketones is 1. The highest BCUT2D eigenvalue weighted by atomic mass is 35.5. The third kappa shape index (κ3) is 4.27. The van der Waals surface area contributed by atoms with Gasteiger partial charge < -0.3 is 15.1 Å². The SMILES string of the molecule is Cl.NCc1cc(C(=O)N2CCCC(C(=O)c3ccc(F)cc3)C2)co1. The smallest absolute Gasteiger partial charge is 0.257 e. The van der Waals surface area contributed by atoms with Gasteiger partial charge in [0.05, 0.1) is 12.1 Å². The Morgan fingerprint density at radius 1 is 1.24 bits per heavy atom. The van der Waals surface area contributed by atoms with Crippen molar-refractivity contribution in [3.63, 3.8) is 0 Å². The van der Waals surface area contributed by atoms with Crippen LogP contribution in [0.5, 0.6) is 0 Å². The Hall–Kier alpha value is -2.18. The van der Waals surface area contributed by atoms with Crippen molar-refractivity contribution in [2.45, 2.75) is 19.4 Å². The van der Waals surface area contributed by atoms with Gasteiger partial charge in [0.25, 0.3) is 5.91 Å². The lowest BCUT2D eigenvalue weighted by Crippen LogP contribution is -2.42. The largest absolute Gasteiger partial charge is 0.467 e. The van der Waals surface area contributed by atoms with Crippen molar-refractivity contribution in [1.82, 2.24) is 4.90 Å². The van der Waals surface area contributed by atoms with Crippen LogP contribution < -0.4 is 5.73 Å². The summed E-state index contributed by atoms with van der Waals surface area (Å²) in [5.74, 6) is -0.302. The molecule has 3 rings (SSSR count). The minimum atomic E-state index is -0.373. The van der Waals surface area contributed by atoms with Crippen molar-refractivity contribution in [3.05, 3.63) is 59.3 Å². The highest BCUT2D eigenvalue weighted by molar-refractivity contribution is 5.99. The number of carbonyl (C=O) groups excluding carboxylic acids is 2. The summed E-state index contributed by atoms with van der Waals surface area (Å²) in [7, 11) is 0. The standard InChI is InChI=1S/C18H19FN2O3.ClH/c19-15-5-3-12(4-6-15)17(22)13-2-1-7-21(10-13)18(23)14-8-16(9-20)24-11-14;/h3-6,8,11,13H,1-2,7,9-10,20H2;1H. The van der Waals surface area contributed by atoms with E-state index in [-0.39, 0.29) is 42.4 Å². The molecule has 2 aromatic rings. The average Bonchev–Trinajstić information content (AvgIpc) is 3.10. The Labute approximate surface area is 151 Å². The summed E-state index contributed by atoms with van der Waals surface area (Å²) in [6, 6.07) is 7.16. The molecule has 0 aliphatic carbocycles. The first kappa shape index (κ1) is 19.1. The van der Waals surface area contributed by atoms with E-state index in [4.69, 9.17) is 10.2 Å². The van der Waals surface area contributed by atoms with Gasteiger partial charge in [-0.3, -0.25) is 9.59 Å². The molecular weight excluding hydrogens is 347 g/mol. The summed E-state index contributed by atoms with van der Waals surface area (Å²) >= 11 is 0. The third-order valence-corrected chi connectivity index (χ3v) is 4.31. The molecule has 0 saturated carbocycles. The molecule has 1 atom stereocenters. The first-order chi connectivity index (χ1) is 11.6. The average molecular weight is 367 g/mol. The molecule has 1 saturated heterocycles. The zero-order valence-corrected chi connectivity index (χ0v) is 14.4. The lowest BCUT2D eigenvalue weighted by molar-refractivity contribution is 0.0636. The minimum absolute atomic E-state index is 0. The van der Waals surface area contributed by atoms with E-state index < -0.39 is 0 Å². The van der Waals surface area contributed by atoms with Gasteiger partial charge >= 0.3 is 0 Å². The van der Waals surface area contributed by atoms with Gasteiger partial charge in [0.15, 0.2) is 5.78 Å². The summed E-state index contributed by atoms with van der Waals surface area (Å²) in [4.78, 5) is 26.8. The van der Waals surface area contributed by atoms with Crippen molar-refractivity contribution in [2.24, 2.45) is 11.7 Å². The predicted octanol–water partition coefficient (Wildman–Crippen LogP) is 3.03. The third-order valence-electron chi connectivity index (χ3n) is 4.31. The molecule has 1 aromatic heterocycles. The van der Waals surface area contributed by atoms with E-state index in [0.717, 1.165) is 12.8 Å². The zero-order chi connectivity index (χ0) is 17.1. The maximum atomic E-state index is 13.0. The second-order valence-corrected chi connectivity index (χ2v) is 5.97. The van der Waals surface area contributed by atoms with Gasteiger partial charge in [-0.25, -0.2) is 4.39 Å². The van der Waals surface area contributed by atoms with Crippen LogP contribution in [0.4, 0.5) is 4.39 Å². The number of hydrogen-bond acceptors (Lipinski definition) is 4. The fraction of sp³-hybridized carbons (Fsp3) is 0.333. The number of amides is 1. The summed E-state index contributed by atoms with van der Waals surface area (Å²) in [5.41, 5.74) is 6.41. The first-order valence-corrected chi connectivity index (χ1v) is 7.95. The second kappa shape index (κ2) is 8.27. The van der Waals surface area contributed by atoms with E-state index in [0.29, 0.717) is 30.0 Å². The van der Waals surface area contributed by atoms with Gasteiger partial charge in [-0.2, -0.15) is 0 Å². The molecular formula is C18H20ClFN2O3. The molecule has 1 unspecified atom stereocenters. The van der Waals surface area contributed by atoms with Crippen LogP contribution in [0.25, 0.3) is 0 Å². The van der Waals surface area contributed by atoms with Gasteiger partial charge in [-0.05, 0) is 43.2 Å². The second-order valence-electron chi connectivity index (χ2n) is 5.97. The number of piperidine rings is 1. The molecule has 1 fully saturated rings. The maximum Gasteiger partial charge on any atom is 0.257 e. The van der Waals surface area contributed by atoms with E-state index in [1.165, 1.54) is 30.5 Å². The molecule has 1 aliphatic heterocycles. The molecule has 134 valence electrons. The Morgan fingerprint density at radius 3 is 2.60 bits per heavy atom. The van der Waals surface area contributed by atoms with Crippen molar-refractivity contribution >= 4 is 24.1 Å². The van der Waals surface area contributed by atoms with Gasteiger partial charge in [-0.15, -0.1) is 12.4 Å². The Kier molecular flexibility index (Phi) is 6.33. The lowest BCUT2D eigenvalue weighted by Gasteiger charge is -2.31. The van der Waals surface area contributed by atoms with Crippen molar-refractivity contribution in [1.29, 1.82) is 0 Å². The van der Waals surface area contributed by atoms with Crippen LogP contribution in [0.2, 0.25) is 0 Å². The summed E-state index contributed by atoms with van der Waals surface area (Å²) in [5, 5.41) is 0. The fourth-order valence-corrected chi connectivity index (χ4v) is 3.01. The molecule has 0 bridgehead atoms. The Balaban J connectivity index is 0.00000225. The molecule has 7 heteroatoms. The molecule has 0 spiro atoms. The van der Waals surface area contributed by atoms with E-state index in [1.54, 1.807) is 11.0 Å². The van der Waals surface area contributed by atoms with Gasteiger partial charge in [0.1, 0.15) is 17.8 Å². The molecule has 5 nitrogen and oxygen atoms in total. The number of likely N-dealkylation sites (tertiary alicyclic amines) is 1. The number of rotatable bonds is 4. The molecule has 1 amide bonds. The zero-order valence-electron chi connectivity index (χ0n) is 13.6. The minimum Gasteiger partial charge on any atom is -0.467 e. The fourth-order valence-electron chi connectivity index (χ4n) is 3.01. The van der Waals surface area contributed by atoms with E-state index in [9.17, 15) is 14.0 Å². The number of hydrogen-bond donors (Lipinski definition) is 1. The van der Waals surface area contributed by atoms with Crippen LogP contribution in [-0.2, 0) is 6.54 Å². The monoisotopic (exact) mass is 366 g/mol. The Morgan fingerprint density at radius 2 is 1.96 bits per heavy atom. The molecule has 25 heavy (non-hydrogen) atoms. The number of nitrogens with zero attached hydrogens (tertiary/aromatic N) is 1. The Bertz CT molecular complexity index is 745. The van der Waals surface area contributed by atoms with Crippen molar-refractivity contribution in [3.8, 4) is 0 Å². The van der Waals surface area contributed by atoms with Crippen LogP contribution in [0, 0.1) is 11.7 Å². The number of carbonyl (C=O) groups is 2. The molecule has 2 N–H and O–H groups in total. The molecule has 0 radical (unpaired) electrons. The number of halogens is 2.